The lowest BCUT2D eigenvalue weighted by molar-refractivity contribution is -0.137. The highest BCUT2D eigenvalue weighted by molar-refractivity contribution is 5.60. The van der Waals surface area contributed by atoms with Crippen LogP contribution < -0.4 is 5.56 Å². The van der Waals surface area contributed by atoms with Crippen LogP contribution in [0.4, 0.5) is 13.2 Å². The highest BCUT2D eigenvalue weighted by Crippen LogP contribution is 2.31. The Bertz CT molecular complexity index is 595. The highest BCUT2D eigenvalue weighted by atomic mass is 19.4. The number of rotatable bonds is 1. The number of hydrogen-bond acceptors (Lipinski definition) is 1. The number of benzene rings is 1. The number of halogens is 3. The predicted octanol–water partition coefficient (Wildman–Crippen LogP) is 2.40. The van der Waals surface area contributed by atoms with E-state index in [1.165, 1.54) is 22.9 Å². The largest absolute Gasteiger partial charge is 0.416 e. The van der Waals surface area contributed by atoms with Crippen LogP contribution in [0.25, 0.3) is 11.3 Å². The van der Waals surface area contributed by atoms with Gasteiger partial charge in [-0.15, -0.1) is 0 Å². The molecule has 0 amide bonds. The van der Waals surface area contributed by atoms with Gasteiger partial charge in [0.15, 0.2) is 0 Å². The summed E-state index contributed by atoms with van der Waals surface area (Å²) in [5.74, 6) is 0. The van der Waals surface area contributed by atoms with Gasteiger partial charge < -0.3 is 0 Å². The smallest absolute Gasteiger partial charge is 0.288 e. The van der Waals surface area contributed by atoms with Crippen molar-refractivity contribution in [3.63, 3.8) is 0 Å². The van der Waals surface area contributed by atoms with Crippen LogP contribution in [0.15, 0.2) is 35.1 Å². The third-order valence-electron chi connectivity index (χ3n) is 2.39. The molecule has 2 aromatic rings. The number of nitrogens with one attached hydrogen (secondary N) is 1. The summed E-state index contributed by atoms with van der Waals surface area (Å²) in [6.07, 6.45) is -4.38. The summed E-state index contributed by atoms with van der Waals surface area (Å²) < 4.78 is 38.9. The van der Waals surface area contributed by atoms with Crippen molar-refractivity contribution in [1.29, 1.82) is 0 Å². The molecule has 2 rings (SSSR count). The SMILES string of the molecule is Cn1[nH]c(=O)cc1-c1cccc(C(F)(F)F)c1. The molecule has 1 aromatic heterocycles. The van der Waals surface area contributed by atoms with E-state index < -0.39 is 11.7 Å². The van der Waals surface area contributed by atoms with Crippen LogP contribution in [0.1, 0.15) is 5.56 Å². The zero-order valence-corrected chi connectivity index (χ0v) is 8.88. The van der Waals surface area contributed by atoms with Crippen LogP contribution in [0.2, 0.25) is 0 Å². The fourth-order valence-corrected chi connectivity index (χ4v) is 1.61. The van der Waals surface area contributed by atoms with Crippen LogP contribution in [0.5, 0.6) is 0 Å². The molecule has 1 N–H and O–H groups in total. The molecular formula is C11H9F3N2O. The molecule has 0 unspecified atom stereocenters. The van der Waals surface area contributed by atoms with Gasteiger partial charge in [0, 0.05) is 18.7 Å². The lowest BCUT2D eigenvalue weighted by atomic mass is 10.1. The highest BCUT2D eigenvalue weighted by Gasteiger charge is 2.30. The lowest BCUT2D eigenvalue weighted by Gasteiger charge is -2.08. The second-order valence-corrected chi connectivity index (χ2v) is 3.64. The van der Waals surface area contributed by atoms with Crippen molar-refractivity contribution >= 4 is 0 Å². The molecule has 0 saturated heterocycles. The summed E-state index contributed by atoms with van der Waals surface area (Å²) in [6.45, 7) is 0. The Morgan fingerprint density at radius 3 is 2.47 bits per heavy atom. The third-order valence-corrected chi connectivity index (χ3v) is 2.39. The minimum absolute atomic E-state index is 0.347. The second kappa shape index (κ2) is 3.80. The van der Waals surface area contributed by atoms with Gasteiger partial charge in [0.05, 0.1) is 11.3 Å². The lowest BCUT2D eigenvalue weighted by Crippen LogP contribution is -2.05. The van der Waals surface area contributed by atoms with Crippen LogP contribution in [0.3, 0.4) is 0 Å². The number of aromatic nitrogens is 2. The average Bonchev–Trinajstić information content (AvgIpc) is 2.57. The Labute approximate surface area is 94.5 Å². The number of hydrogen-bond donors (Lipinski definition) is 1. The number of aromatic amines is 1. The first-order valence-corrected chi connectivity index (χ1v) is 4.81. The Balaban J connectivity index is 2.54. The van der Waals surface area contributed by atoms with E-state index in [0.29, 0.717) is 11.3 Å². The molecule has 3 nitrogen and oxygen atoms in total. The number of H-pyrrole nitrogens is 1. The van der Waals surface area contributed by atoms with Crippen molar-refractivity contribution in [3.8, 4) is 11.3 Å². The zero-order chi connectivity index (χ0) is 12.6. The maximum absolute atomic E-state index is 12.5. The summed E-state index contributed by atoms with van der Waals surface area (Å²) in [5, 5.41) is 2.44. The molecule has 0 radical (unpaired) electrons. The Morgan fingerprint density at radius 2 is 1.94 bits per heavy atom. The standard InChI is InChI=1S/C11H9F3N2O/c1-16-9(6-10(17)15-16)7-3-2-4-8(5-7)11(12,13)14/h2-6H,1H3,(H,15,17). The Morgan fingerprint density at radius 1 is 1.24 bits per heavy atom. The van der Waals surface area contributed by atoms with Gasteiger partial charge in [0.2, 0.25) is 0 Å². The first kappa shape index (κ1) is 11.5. The second-order valence-electron chi connectivity index (χ2n) is 3.64. The first-order chi connectivity index (χ1) is 7.88. The fraction of sp³-hybridized carbons (Fsp3) is 0.182. The zero-order valence-electron chi connectivity index (χ0n) is 8.88. The minimum Gasteiger partial charge on any atom is -0.288 e. The summed E-state index contributed by atoms with van der Waals surface area (Å²) in [7, 11) is 1.57. The monoisotopic (exact) mass is 242 g/mol. The quantitative estimate of drug-likeness (QED) is 0.819. The Hall–Kier alpha value is -1.98. The summed E-state index contributed by atoms with van der Waals surface area (Å²) >= 11 is 0. The van der Waals surface area contributed by atoms with E-state index in [-0.39, 0.29) is 5.56 Å². The van der Waals surface area contributed by atoms with Gasteiger partial charge in [-0.05, 0) is 12.1 Å². The van der Waals surface area contributed by atoms with Crippen LogP contribution in [-0.4, -0.2) is 9.78 Å². The van der Waals surface area contributed by atoms with Crippen LogP contribution in [0, 0.1) is 0 Å². The van der Waals surface area contributed by atoms with E-state index >= 15 is 0 Å². The van der Waals surface area contributed by atoms with E-state index in [1.807, 2.05) is 0 Å². The van der Waals surface area contributed by atoms with Crippen molar-refractivity contribution < 1.29 is 13.2 Å². The molecule has 0 fully saturated rings. The Kier molecular flexibility index (Phi) is 2.57. The molecule has 0 spiro atoms. The van der Waals surface area contributed by atoms with Crippen LogP contribution in [-0.2, 0) is 13.2 Å². The van der Waals surface area contributed by atoms with Gasteiger partial charge in [-0.2, -0.15) is 13.2 Å². The molecule has 0 aliphatic rings. The van der Waals surface area contributed by atoms with Crippen molar-refractivity contribution in [3.05, 3.63) is 46.2 Å². The van der Waals surface area contributed by atoms with Gasteiger partial charge >= 0.3 is 6.18 Å². The van der Waals surface area contributed by atoms with Crippen molar-refractivity contribution in [2.45, 2.75) is 6.18 Å². The normalized spacial score (nSPS) is 11.8. The number of aryl methyl sites for hydroxylation is 1. The first-order valence-electron chi connectivity index (χ1n) is 4.81. The topological polar surface area (TPSA) is 37.8 Å². The predicted molar refractivity (Wildman–Crippen MR) is 56.5 cm³/mol. The van der Waals surface area contributed by atoms with Gasteiger partial charge in [0.1, 0.15) is 0 Å². The van der Waals surface area contributed by atoms with E-state index in [2.05, 4.69) is 5.10 Å². The van der Waals surface area contributed by atoms with Crippen molar-refractivity contribution in [1.82, 2.24) is 9.78 Å². The van der Waals surface area contributed by atoms with Crippen LogP contribution >= 0.6 is 0 Å². The molecule has 90 valence electrons. The summed E-state index contributed by atoms with van der Waals surface area (Å²) in [5.41, 5.74) is -0.315. The summed E-state index contributed by atoms with van der Waals surface area (Å²) in [4.78, 5) is 11.1. The van der Waals surface area contributed by atoms with Crippen molar-refractivity contribution in [2.75, 3.05) is 0 Å². The minimum atomic E-state index is -4.38. The summed E-state index contributed by atoms with van der Waals surface area (Å²) in [6, 6.07) is 6.11. The molecule has 0 aliphatic carbocycles. The van der Waals surface area contributed by atoms with E-state index in [4.69, 9.17) is 0 Å². The van der Waals surface area contributed by atoms with Gasteiger partial charge in [0.25, 0.3) is 5.56 Å². The average molecular weight is 242 g/mol. The van der Waals surface area contributed by atoms with Gasteiger partial charge in [-0.25, -0.2) is 0 Å². The van der Waals surface area contributed by atoms with E-state index in [9.17, 15) is 18.0 Å². The number of nitrogens with zero attached hydrogens (tertiary/aromatic N) is 1. The maximum Gasteiger partial charge on any atom is 0.416 e. The molecule has 0 atom stereocenters. The molecule has 1 heterocycles. The molecule has 0 aliphatic heterocycles. The fourth-order valence-electron chi connectivity index (χ4n) is 1.61. The van der Waals surface area contributed by atoms with Gasteiger partial charge in [-0.3, -0.25) is 14.6 Å². The molecule has 1 aromatic carbocycles. The van der Waals surface area contributed by atoms with Gasteiger partial charge in [-0.1, -0.05) is 12.1 Å². The molecule has 17 heavy (non-hydrogen) atoms. The molecular weight excluding hydrogens is 233 g/mol. The third kappa shape index (κ3) is 2.25. The van der Waals surface area contributed by atoms with E-state index in [0.717, 1.165) is 12.1 Å². The molecule has 0 bridgehead atoms. The van der Waals surface area contributed by atoms with Crippen molar-refractivity contribution in [2.24, 2.45) is 7.05 Å². The van der Waals surface area contributed by atoms with E-state index in [1.54, 1.807) is 7.05 Å². The maximum atomic E-state index is 12.5. The number of alkyl halides is 3. The molecule has 6 heteroatoms. The molecule has 0 saturated carbocycles.